The first-order chi connectivity index (χ1) is 20.0. The van der Waals surface area contributed by atoms with E-state index in [2.05, 4.69) is 15.5 Å². The van der Waals surface area contributed by atoms with E-state index in [4.69, 9.17) is 14.2 Å². The third kappa shape index (κ3) is 6.59. The molecule has 220 valence electrons. The van der Waals surface area contributed by atoms with E-state index in [0.717, 1.165) is 29.0 Å². The highest BCUT2D eigenvalue weighted by Gasteiger charge is 2.53. The van der Waals surface area contributed by atoms with Crippen molar-refractivity contribution in [3.05, 3.63) is 59.7 Å². The molecule has 5 rings (SSSR count). The summed E-state index contributed by atoms with van der Waals surface area (Å²) >= 11 is 0. The van der Waals surface area contributed by atoms with E-state index in [1.54, 1.807) is 0 Å². The number of hydrogen-bond donors (Lipinski definition) is 2. The van der Waals surface area contributed by atoms with Gasteiger partial charge in [-0.15, -0.1) is 0 Å². The zero-order valence-electron chi connectivity index (χ0n) is 23.7. The first-order valence-corrected chi connectivity index (χ1v) is 14.7. The first-order valence-electron chi connectivity index (χ1n) is 14.7. The molecule has 41 heavy (non-hydrogen) atoms. The minimum atomic E-state index is -0.803. The van der Waals surface area contributed by atoms with E-state index in [1.165, 1.54) is 0 Å². The second-order valence-corrected chi connectivity index (χ2v) is 11.0. The zero-order valence-corrected chi connectivity index (χ0v) is 23.7. The molecule has 1 atom stereocenters. The molecular formula is C31H40N4O6. The van der Waals surface area contributed by atoms with Crippen LogP contribution >= 0.6 is 0 Å². The Balaban J connectivity index is 1.09. The number of ether oxygens (including phenoxy) is 3. The summed E-state index contributed by atoms with van der Waals surface area (Å²) in [6.07, 6.45) is 3.44. The molecule has 2 aromatic rings. The van der Waals surface area contributed by atoms with Gasteiger partial charge in [-0.2, -0.15) is 0 Å². The number of likely N-dealkylation sites (tertiary alicyclic amines) is 1. The number of hydrogen-bond acceptors (Lipinski definition) is 7. The minimum absolute atomic E-state index is 0.00144. The summed E-state index contributed by atoms with van der Waals surface area (Å²) in [7, 11) is 0. The van der Waals surface area contributed by atoms with Gasteiger partial charge in [-0.05, 0) is 50.2 Å². The van der Waals surface area contributed by atoms with Crippen molar-refractivity contribution < 1.29 is 28.6 Å². The van der Waals surface area contributed by atoms with Crippen LogP contribution in [0.15, 0.2) is 48.5 Å². The first kappa shape index (κ1) is 28.7. The van der Waals surface area contributed by atoms with Crippen molar-refractivity contribution in [2.75, 3.05) is 33.0 Å². The molecule has 0 aliphatic carbocycles. The van der Waals surface area contributed by atoms with Gasteiger partial charge in [-0.3, -0.25) is 14.5 Å². The lowest BCUT2D eigenvalue weighted by atomic mass is 9.81. The number of para-hydroxylation sites is 1. The van der Waals surface area contributed by atoms with E-state index >= 15 is 0 Å². The molecule has 3 aliphatic heterocycles. The molecule has 3 aliphatic rings. The fourth-order valence-corrected chi connectivity index (χ4v) is 5.99. The van der Waals surface area contributed by atoms with Gasteiger partial charge in [0.1, 0.15) is 18.2 Å². The highest BCUT2D eigenvalue weighted by atomic mass is 16.7. The third-order valence-electron chi connectivity index (χ3n) is 8.21. The molecule has 2 fully saturated rings. The van der Waals surface area contributed by atoms with Crippen molar-refractivity contribution in [3.63, 3.8) is 0 Å². The van der Waals surface area contributed by atoms with Crippen LogP contribution in [0.4, 0.5) is 4.79 Å². The number of alkyl carbamates (subject to hydrolysis) is 1. The topological polar surface area (TPSA) is 109 Å². The summed E-state index contributed by atoms with van der Waals surface area (Å²) in [4.78, 5) is 43.3. The maximum absolute atomic E-state index is 13.6. The predicted molar refractivity (Wildman–Crippen MR) is 152 cm³/mol. The number of fused-ring (bicyclic) bond motifs is 1. The average molecular weight is 565 g/mol. The largest absolute Gasteiger partial charge is 0.454 e. The smallest absolute Gasteiger partial charge is 0.407 e. The molecule has 3 heterocycles. The Morgan fingerprint density at radius 2 is 1.88 bits per heavy atom. The molecule has 10 nitrogen and oxygen atoms in total. The Kier molecular flexibility index (Phi) is 9.28. The van der Waals surface area contributed by atoms with Crippen LogP contribution in [0.3, 0.4) is 0 Å². The number of piperazine rings is 1. The highest BCUT2D eigenvalue weighted by Crippen LogP contribution is 2.38. The summed E-state index contributed by atoms with van der Waals surface area (Å²) in [5.41, 5.74) is 1.20. The lowest BCUT2D eigenvalue weighted by Gasteiger charge is -2.51. The predicted octanol–water partition coefficient (Wildman–Crippen LogP) is 3.58. The second kappa shape index (κ2) is 13.2. The SMILES string of the molecule is CCCN1C(=O)C(CCCCNC(=O)OCc2ccccc2)NC(=O)C12CCN(Cc1cccc3c1OCO3)CC2. The summed E-state index contributed by atoms with van der Waals surface area (Å²) in [5.74, 6) is 1.52. The minimum Gasteiger partial charge on any atom is -0.454 e. The van der Waals surface area contributed by atoms with E-state index in [-0.39, 0.29) is 25.2 Å². The van der Waals surface area contributed by atoms with Crippen LogP contribution in [-0.4, -0.2) is 72.3 Å². The molecule has 0 radical (unpaired) electrons. The lowest BCUT2D eigenvalue weighted by molar-refractivity contribution is -0.161. The molecule has 3 amide bonds. The lowest BCUT2D eigenvalue weighted by Crippen LogP contribution is -2.72. The van der Waals surface area contributed by atoms with Crippen LogP contribution < -0.4 is 20.1 Å². The van der Waals surface area contributed by atoms with Crippen molar-refractivity contribution in [1.82, 2.24) is 20.4 Å². The molecule has 1 spiro atoms. The van der Waals surface area contributed by atoms with Crippen molar-refractivity contribution in [2.45, 2.75) is 70.2 Å². The molecule has 2 saturated heterocycles. The number of carbonyl (C=O) groups is 3. The van der Waals surface area contributed by atoms with Gasteiger partial charge in [-0.25, -0.2) is 4.79 Å². The molecule has 2 N–H and O–H groups in total. The number of rotatable bonds is 11. The van der Waals surface area contributed by atoms with Crippen LogP contribution in [0.5, 0.6) is 11.5 Å². The molecule has 0 saturated carbocycles. The van der Waals surface area contributed by atoms with Crippen LogP contribution in [0.1, 0.15) is 56.6 Å². The molecule has 0 bridgehead atoms. The van der Waals surface area contributed by atoms with Crippen molar-refractivity contribution in [2.24, 2.45) is 0 Å². The zero-order chi connectivity index (χ0) is 28.7. The number of benzene rings is 2. The molecule has 1 unspecified atom stereocenters. The number of carbonyl (C=O) groups excluding carboxylic acids is 3. The van der Waals surface area contributed by atoms with Crippen LogP contribution in [-0.2, 0) is 27.5 Å². The summed E-state index contributed by atoms with van der Waals surface area (Å²) in [6, 6.07) is 14.9. The Bertz CT molecular complexity index is 1210. The number of nitrogens with one attached hydrogen (secondary N) is 2. The van der Waals surface area contributed by atoms with Gasteiger partial charge in [0.15, 0.2) is 11.5 Å². The number of nitrogens with zero attached hydrogens (tertiary/aromatic N) is 2. The van der Waals surface area contributed by atoms with Gasteiger partial charge >= 0.3 is 6.09 Å². The standard InChI is InChI=1S/C31H40N4O6/c1-2-17-35-28(36)25(12-6-7-16-32-30(38)39-21-23-9-4-3-5-10-23)33-29(37)31(35)14-18-34(19-15-31)20-24-11-8-13-26-27(24)41-22-40-26/h3-5,8-11,13,25H,2,6-7,12,14-22H2,1H3,(H,32,38)(H,33,37). The Labute approximate surface area is 241 Å². The van der Waals surface area contributed by atoms with E-state index in [1.807, 2.05) is 60.4 Å². The van der Waals surface area contributed by atoms with Gasteiger partial charge in [0.2, 0.25) is 18.6 Å². The number of amides is 3. The van der Waals surface area contributed by atoms with Crippen molar-refractivity contribution >= 4 is 17.9 Å². The second-order valence-electron chi connectivity index (χ2n) is 11.0. The number of piperidine rings is 1. The fourth-order valence-electron chi connectivity index (χ4n) is 5.99. The Hall–Kier alpha value is -3.79. The summed E-state index contributed by atoms with van der Waals surface area (Å²) in [6.45, 7) is 5.64. The van der Waals surface area contributed by atoms with Gasteiger partial charge < -0.3 is 29.7 Å². The molecule has 2 aromatic carbocycles. The summed E-state index contributed by atoms with van der Waals surface area (Å²) in [5, 5.41) is 5.81. The fraction of sp³-hybridized carbons (Fsp3) is 0.516. The maximum Gasteiger partial charge on any atom is 0.407 e. The monoisotopic (exact) mass is 564 g/mol. The van der Waals surface area contributed by atoms with E-state index < -0.39 is 17.7 Å². The van der Waals surface area contributed by atoms with Crippen LogP contribution in [0, 0.1) is 0 Å². The molecule has 0 aromatic heterocycles. The Morgan fingerprint density at radius 3 is 2.66 bits per heavy atom. The molecule has 10 heteroatoms. The Morgan fingerprint density at radius 1 is 1.07 bits per heavy atom. The van der Waals surface area contributed by atoms with E-state index in [9.17, 15) is 14.4 Å². The highest BCUT2D eigenvalue weighted by molar-refractivity contribution is 6.00. The van der Waals surface area contributed by atoms with Gasteiger partial charge in [0.05, 0.1) is 0 Å². The third-order valence-corrected chi connectivity index (χ3v) is 8.21. The van der Waals surface area contributed by atoms with Gasteiger partial charge in [-0.1, -0.05) is 49.4 Å². The molecular weight excluding hydrogens is 524 g/mol. The quantitative estimate of drug-likeness (QED) is 0.402. The van der Waals surface area contributed by atoms with Crippen molar-refractivity contribution in [1.29, 1.82) is 0 Å². The average Bonchev–Trinajstić information content (AvgIpc) is 3.48. The van der Waals surface area contributed by atoms with Crippen LogP contribution in [0.2, 0.25) is 0 Å². The number of unbranched alkanes of at least 4 members (excludes halogenated alkanes) is 1. The van der Waals surface area contributed by atoms with Gasteiger partial charge in [0.25, 0.3) is 0 Å². The van der Waals surface area contributed by atoms with E-state index in [0.29, 0.717) is 64.8 Å². The van der Waals surface area contributed by atoms with Gasteiger partial charge in [0, 0.05) is 38.3 Å². The summed E-state index contributed by atoms with van der Waals surface area (Å²) < 4.78 is 16.4. The van der Waals surface area contributed by atoms with Crippen LogP contribution in [0.25, 0.3) is 0 Å². The maximum atomic E-state index is 13.6. The van der Waals surface area contributed by atoms with Crippen molar-refractivity contribution in [3.8, 4) is 11.5 Å². The normalized spacial score (nSPS) is 19.7.